The van der Waals surface area contributed by atoms with Crippen LogP contribution in [0.15, 0.2) is 42.6 Å². The Kier molecular flexibility index (Phi) is 3.19. The molecule has 0 aliphatic carbocycles. The molecular formula is C14H13ClN4. The fourth-order valence-corrected chi connectivity index (χ4v) is 2.21. The lowest BCUT2D eigenvalue weighted by molar-refractivity contribution is 0.775. The van der Waals surface area contributed by atoms with E-state index in [1.54, 1.807) is 0 Å². The van der Waals surface area contributed by atoms with Crippen molar-refractivity contribution >= 4 is 22.5 Å². The Hall–Kier alpha value is -1.91. The lowest BCUT2D eigenvalue weighted by Gasteiger charge is -2.07. The van der Waals surface area contributed by atoms with E-state index in [9.17, 15) is 0 Å². The molecule has 1 aromatic carbocycles. The van der Waals surface area contributed by atoms with Crippen molar-refractivity contribution in [3.8, 4) is 5.82 Å². The summed E-state index contributed by atoms with van der Waals surface area (Å²) in [5.41, 5.74) is 1.86. The van der Waals surface area contributed by atoms with E-state index >= 15 is 0 Å². The summed E-state index contributed by atoms with van der Waals surface area (Å²) in [5, 5.41) is 9.20. The van der Waals surface area contributed by atoms with Gasteiger partial charge in [0.15, 0.2) is 5.82 Å². The maximum absolute atomic E-state index is 6.12. The van der Waals surface area contributed by atoms with Gasteiger partial charge < -0.3 is 5.32 Å². The molecule has 0 saturated heterocycles. The first-order valence-electron chi connectivity index (χ1n) is 6.03. The van der Waals surface area contributed by atoms with Crippen molar-refractivity contribution in [1.82, 2.24) is 20.1 Å². The van der Waals surface area contributed by atoms with Crippen LogP contribution in [0.5, 0.6) is 0 Å². The lowest BCUT2D eigenvalue weighted by atomic mass is 10.2. The van der Waals surface area contributed by atoms with Gasteiger partial charge in [-0.1, -0.05) is 29.8 Å². The Morgan fingerprint density at radius 1 is 1.21 bits per heavy atom. The van der Waals surface area contributed by atoms with E-state index in [1.807, 2.05) is 54.3 Å². The van der Waals surface area contributed by atoms with E-state index < -0.39 is 0 Å². The van der Waals surface area contributed by atoms with Crippen molar-refractivity contribution in [2.75, 3.05) is 7.05 Å². The molecule has 0 radical (unpaired) electrons. The molecule has 0 unspecified atom stereocenters. The summed E-state index contributed by atoms with van der Waals surface area (Å²) >= 11 is 6.12. The van der Waals surface area contributed by atoms with Crippen LogP contribution in [-0.4, -0.2) is 21.8 Å². The highest BCUT2D eigenvalue weighted by molar-refractivity contribution is 6.31. The van der Waals surface area contributed by atoms with E-state index in [0.29, 0.717) is 11.6 Å². The SMILES string of the molecule is CNCc1nc(-n2ncc3ccccc32)ccc1Cl. The minimum atomic E-state index is 0.631. The summed E-state index contributed by atoms with van der Waals surface area (Å²) in [6.45, 7) is 0.631. The van der Waals surface area contributed by atoms with Crippen LogP contribution in [0.2, 0.25) is 5.02 Å². The van der Waals surface area contributed by atoms with Crippen molar-refractivity contribution in [2.45, 2.75) is 6.54 Å². The number of rotatable bonds is 3. The third kappa shape index (κ3) is 2.20. The molecule has 2 heterocycles. The van der Waals surface area contributed by atoms with Crippen molar-refractivity contribution in [3.63, 3.8) is 0 Å². The van der Waals surface area contributed by atoms with Crippen LogP contribution in [-0.2, 0) is 6.54 Å². The molecule has 0 saturated carbocycles. The highest BCUT2D eigenvalue weighted by atomic mass is 35.5. The Morgan fingerprint density at radius 3 is 2.89 bits per heavy atom. The Balaban J connectivity index is 2.13. The van der Waals surface area contributed by atoms with Crippen molar-refractivity contribution < 1.29 is 0 Å². The van der Waals surface area contributed by atoms with Gasteiger partial charge in [0, 0.05) is 11.9 Å². The summed E-state index contributed by atoms with van der Waals surface area (Å²) < 4.78 is 1.82. The number of hydrogen-bond acceptors (Lipinski definition) is 3. The van der Waals surface area contributed by atoms with Gasteiger partial charge in [-0.15, -0.1) is 0 Å². The molecule has 0 amide bonds. The number of nitrogens with zero attached hydrogens (tertiary/aromatic N) is 3. The number of pyridine rings is 1. The number of aromatic nitrogens is 3. The molecule has 4 nitrogen and oxygen atoms in total. The van der Waals surface area contributed by atoms with Gasteiger partial charge in [-0.2, -0.15) is 5.10 Å². The zero-order chi connectivity index (χ0) is 13.2. The highest BCUT2D eigenvalue weighted by Crippen LogP contribution is 2.20. The monoisotopic (exact) mass is 272 g/mol. The minimum Gasteiger partial charge on any atom is -0.314 e. The first kappa shape index (κ1) is 12.1. The maximum atomic E-state index is 6.12. The second-order valence-electron chi connectivity index (χ2n) is 4.24. The summed E-state index contributed by atoms with van der Waals surface area (Å²) in [7, 11) is 1.87. The predicted molar refractivity (Wildman–Crippen MR) is 76.6 cm³/mol. The lowest BCUT2D eigenvalue weighted by Crippen LogP contribution is -2.10. The summed E-state index contributed by atoms with van der Waals surface area (Å²) in [6.07, 6.45) is 1.84. The molecule has 0 bridgehead atoms. The van der Waals surface area contributed by atoms with Gasteiger partial charge >= 0.3 is 0 Å². The molecule has 0 aliphatic heterocycles. The van der Waals surface area contributed by atoms with Crippen molar-refractivity contribution in [2.24, 2.45) is 0 Å². The average Bonchev–Trinajstić information content (AvgIpc) is 2.85. The van der Waals surface area contributed by atoms with Gasteiger partial charge in [0.1, 0.15) is 0 Å². The number of para-hydroxylation sites is 1. The summed E-state index contributed by atoms with van der Waals surface area (Å²) in [4.78, 5) is 4.56. The first-order valence-corrected chi connectivity index (χ1v) is 6.40. The number of nitrogens with one attached hydrogen (secondary N) is 1. The molecule has 2 aromatic heterocycles. The minimum absolute atomic E-state index is 0.631. The molecule has 3 rings (SSSR count). The molecule has 0 aliphatic rings. The Bertz CT molecular complexity index is 720. The number of fused-ring (bicyclic) bond motifs is 1. The van der Waals surface area contributed by atoms with Gasteiger partial charge in [0.25, 0.3) is 0 Å². The van der Waals surface area contributed by atoms with Crippen LogP contribution in [0.4, 0.5) is 0 Å². The third-order valence-corrected chi connectivity index (χ3v) is 3.29. The van der Waals surface area contributed by atoms with E-state index in [0.717, 1.165) is 22.4 Å². The van der Waals surface area contributed by atoms with Gasteiger partial charge in [-0.25, -0.2) is 9.67 Å². The number of hydrogen-bond donors (Lipinski definition) is 1. The highest BCUT2D eigenvalue weighted by Gasteiger charge is 2.08. The molecule has 1 N–H and O–H groups in total. The second kappa shape index (κ2) is 4.99. The van der Waals surface area contributed by atoms with Crippen molar-refractivity contribution in [1.29, 1.82) is 0 Å². The Labute approximate surface area is 116 Å². The molecule has 3 aromatic rings. The first-order chi connectivity index (χ1) is 9.29. The fourth-order valence-electron chi connectivity index (χ4n) is 2.04. The largest absolute Gasteiger partial charge is 0.314 e. The van der Waals surface area contributed by atoms with Crippen LogP contribution in [0, 0.1) is 0 Å². The summed E-state index contributed by atoms with van der Waals surface area (Å²) in [6, 6.07) is 11.8. The molecule has 0 atom stereocenters. The second-order valence-corrected chi connectivity index (χ2v) is 4.65. The number of benzene rings is 1. The molecule has 0 fully saturated rings. The predicted octanol–water partition coefficient (Wildman–Crippen LogP) is 2.79. The normalized spacial score (nSPS) is 11.1. The number of halogens is 1. The van der Waals surface area contributed by atoms with Crippen LogP contribution >= 0.6 is 11.6 Å². The Morgan fingerprint density at radius 2 is 2.05 bits per heavy atom. The fraction of sp³-hybridized carbons (Fsp3) is 0.143. The van der Waals surface area contributed by atoms with Gasteiger partial charge in [-0.05, 0) is 25.2 Å². The standard InChI is InChI=1S/C14H13ClN4/c1-16-9-12-11(15)6-7-14(18-12)19-13-5-3-2-4-10(13)8-17-19/h2-8,16H,9H2,1H3. The molecule has 96 valence electrons. The molecule has 0 spiro atoms. The molecule has 19 heavy (non-hydrogen) atoms. The van der Waals surface area contributed by atoms with Crippen LogP contribution in [0.25, 0.3) is 16.7 Å². The van der Waals surface area contributed by atoms with E-state index in [1.165, 1.54) is 0 Å². The topological polar surface area (TPSA) is 42.7 Å². The molecule has 5 heteroatoms. The zero-order valence-corrected chi connectivity index (χ0v) is 11.2. The van der Waals surface area contributed by atoms with Crippen LogP contribution in [0.3, 0.4) is 0 Å². The van der Waals surface area contributed by atoms with E-state index in [4.69, 9.17) is 11.6 Å². The van der Waals surface area contributed by atoms with Gasteiger partial charge in [-0.3, -0.25) is 0 Å². The maximum Gasteiger partial charge on any atom is 0.154 e. The van der Waals surface area contributed by atoms with Gasteiger partial charge in [0.2, 0.25) is 0 Å². The quantitative estimate of drug-likeness (QED) is 0.797. The van der Waals surface area contributed by atoms with Gasteiger partial charge in [0.05, 0.1) is 22.4 Å². The van der Waals surface area contributed by atoms with Crippen LogP contribution < -0.4 is 5.32 Å². The smallest absolute Gasteiger partial charge is 0.154 e. The van der Waals surface area contributed by atoms with Crippen LogP contribution in [0.1, 0.15) is 5.69 Å². The van der Waals surface area contributed by atoms with E-state index in [2.05, 4.69) is 15.4 Å². The van der Waals surface area contributed by atoms with Crippen molar-refractivity contribution in [3.05, 3.63) is 53.3 Å². The average molecular weight is 273 g/mol. The third-order valence-electron chi connectivity index (χ3n) is 2.94. The zero-order valence-electron chi connectivity index (χ0n) is 10.5. The van der Waals surface area contributed by atoms with E-state index in [-0.39, 0.29) is 0 Å². The summed E-state index contributed by atoms with van der Waals surface area (Å²) in [5.74, 6) is 0.774. The molecular weight excluding hydrogens is 260 g/mol.